The lowest BCUT2D eigenvalue weighted by Gasteiger charge is -2.26. The molecule has 0 spiro atoms. The maximum Gasteiger partial charge on any atom is 0.119 e. The summed E-state index contributed by atoms with van der Waals surface area (Å²) in [6, 6.07) is 12.6. The van der Waals surface area contributed by atoms with Gasteiger partial charge in [0, 0.05) is 24.5 Å². The van der Waals surface area contributed by atoms with Crippen LogP contribution in [0.15, 0.2) is 41.8 Å². The van der Waals surface area contributed by atoms with Crippen molar-refractivity contribution in [1.29, 1.82) is 0 Å². The van der Waals surface area contributed by atoms with Crippen molar-refractivity contribution in [2.45, 2.75) is 0 Å². The predicted octanol–water partition coefficient (Wildman–Crippen LogP) is 3.13. The van der Waals surface area contributed by atoms with Gasteiger partial charge in [-0.1, -0.05) is 6.07 Å². The number of thiophene rings is 1. The van der Waals surface area contributed by atoms with Crippen molar-refractivity contribution in [2.75, 3.05) is 39.5 Å². The minimum atomic E-state index is 0.734. The van der Waals surface area contributed by atoms with E-state index in [0.29, 0.717) is 0 Å². The molecule has 4 heteroatoms. The van der Waals surface area contributed by atoms with E-state index in [2.05, 4.69) is 34.5 Å². The van der Waals surface area contributed by atoms with E-state index >= 15 is 0 Å². The van der Waals surface area contributed by atoms with Gasteiger partial charge in [-0.15, -0.1) is 11.3 Å². The standard InChI is InChI=1S/C16H19NO2S/c1-2-16(20-13-1)14-3-5-15(6-4-14)19-12-9-17-7-10-18-11-8-17/h1-6,13H,7-12H2. The Hall–Kier alpha value is -1.36. The molecule has 1 aliphatic rings. The molecule has 0 radical (unpaired) electrons. The molecule has 3 rings (SSSR count). The van der Waals surface area contributed by atoms with Crippen LogP contribution in [0.1, 0.15) is 0 Å². The molecule has 20 heavy (non-hydrogen) atoms. The molecule has 2 heterocycles. The molecule has 0 amide bonds. The molecule has 0 bridgehead atoms. The van der Waals surface area contributed by atoms with Crippen LogP contribution in [-0.4, -0.2) is 44.4 Å². The summed E-state index contributed by atoms with van der Waals surface area (Å²) in [6.45, 7) is 5.42. The lowest BCUT2D eigenvalue weighted by molar-refractivity contribution is 0.0322. The molecular weight excluding hydrogens is 270 g/mol. The van der Waals surface area contributed by atoms with E-state index < -0.39 is 0 Å². The molecule has 0 aliphatic carbocycles. The van der Waals surface area contributed by atoms with Crippen molar-refractivity contribution in [3.8, 4) is 16.2 Å². The Morgan fingerprint density at radius 2 is 1.90 bits per heavy atom. The van der Waals surface area contributed by atoms with E-state index in [1.165, 1.54) is 10.4 Å². The van der Waals surface area contributed by atoms with Crippen LogP contribution in [0.25, 0.3) is 10.4 Å². The van der Waals surface area contributed by atoms with Crippen LogP contribution in [0.5, 0.6) is 5.75 Å². The maximum atomic E-state index is 5.80. The number of benzene rings is 1. The molecule has 106 valence electrons. The summed E-state index contributed by atoms with van der Waals surface area (Å²) in [5.74, 6) is 0.943. The van der Waals surface area contributed by atoms with E-state index in [9.17, 15) is 0 Å². The zero-order chi connectivity index (χ0) is 13.6. The fourth-order valence-electron chi connectivity index (χ4n) is 2.28. The summed E-state index contributed by atoms with van der Waals surface area (Å²) < 4.78 is 11.1. The molecule has 1 saturated heterocycles. The Morgan fingerprint density at radius 1 is 1.10 bits per heavy atom. The summed E-state index contributed by atoms with van der Waals surface area (Å²) in [7, 11) is 0. The Morgan fingerprint density at radius 3 is 2.60 bits per heavy atom. The van der Waals surface area contributed by atoms with E-state index in [0.717, 1.165) is 45.2 Å². The van der Waals surface area contributed by atoms with Gasteiger partial charge < -0.3 is 9.47 Å². The molecule has 1 aromatic heterocycles. The van der Waals surface area contributed by atoms with E-state index in [4.69, 9.17) is 9.47 Å². The molecule has 1 aliphatic heterocycles. The van der Waals surface area contributed by atoms with Crippen LogP contribution >= 0.6 is 11.3 Å². The van der Waals surface area contributed by atoms with Gasteiger partial charge in [-0.05, 0) is 41.3 Å². The van der Waals surface area contributed by atoms with E-state index in [-0.39, 0.29) is 0 Å². The summed E-state index contributed by atoms with van der Waals surface area (Å²) in [5, 5.41) is 2.10. The molecule has 2 aromatic rings. The average molecular weight is 289 g/mol. The number of hydrogen-bond acceptors (Lipinski definition) is 4. The molecule has 1 fully saturated rings. The van der Waals surface area contributed by atoms with Gasteiger partial charge in [-0.2, -0.15) is 0 Å². The summed E-state index contributed by atoms with van der Waals surface area (Å²) >= 11 is 1.76. The van der Waals surface area contributed by atoms with Gasteiger partial charge in [0.2, 0.25) is 0 Å². The van der Waals surface area contributed by atoms with Crippen LogP contribution in [-0.2, 0) is 4.74 Å². The van der Waals surface area contributed by atoms with Crippen molar-refractivity contribution in [1.82, 2.24) is 4.90 Å². The maximum absolute atomic E-state index is 5.80. The second-order valence-electron chi connectivity index (χ2n) is 4.80. The minimum absolute atomic E-state index is 0.734. The van der Waals surface area contributed by atoms with Crippen LogP contribution < -0.4 is 4.74 Å². The predicted molar refractivity (Wildman–Crippen MR) is 82.5 cm³/mol. The van der Waals surface area contributed by atoms with Crippen LogP contribution in [0.2, 0.25) is 0 Å². The number of nitrogens with zero attached hydrogens (tertiary/aromatic N) is 1. The first-order chi connectivity index (χ1) is 9.92. The second-order valence-corrected chi connectivity index (χ2v) is 5.75. The van der Waals surface area contributed by atoms with Gasteiger partial charge in [0.25, 0.3) is 0 Å². The highest BCUT2D eigenvalue weighted by Crippen LogP contribution is 2.26. The Labute approximate surface area is 123 Å². The number of ether oxygens (including phenoxy) is 2. The van der Waals surface area contributed by atoms with Crippen molar-refractivity contribution in [2.24, 2.45) is 0 Å². The van der Waals surface area contributed by atoms with Gasteiger partial charge in [0.1, 0.15) is 12.4 Å². The molecular formula is C16H19NO2S. The Kier molecular flexibility index (Phi) is 4.69. The number of rotatable bonds is 5. The average Bonchev–Trinajstić information content (AvgIpc) is 3.03. The first-order valence-electron chi connectivity index (χ1n) is 6.99. The van der Waals surface area contributed by atoms with Gasteiger partial charge in [-0.3, -0.25) is 4.90 Å². The quantitative estimate of drug-likeness (QED) is 0.844. The molecule has 3 nitrogen and oxygen atoms in total. The monoisotopic (exact) mass is 289 g/mol. The SMILES string of the molecule is c1csc(-c2ccc(OCCN3CCOCC3)cc2)c1. The second kappa shape index (κ2) is 6.88. The largest absolute Gasteiger partial charge is 0.492 e. The van der Waals surface area contributed by atoms with Crippen LogP contribution in [0, 0.1) is 0 Å². The smallest absolute Gasteiger partial charge is 0.119 e. The van der Waals surface area contributed by atoms with Gasteiger partial charge in [0.05, 0.1) is 13.2 Å². The number of hydrogen-bond donors (Lipinski definition) is 0. The highest BCUT2D eigenvalue weighted by molar-refractivity contribution is 7.13. The lowest BCUT2D eigenvalue weighted by atomic mass is 10.2. The first kappa shape index (κ1) is 13.6. The summed E-state index contributed by atoms with van der Waals surface area (Å²) in [6.07, 6.45) is 0. The normalized spacial score (nSPS) is 16.2. The highest BCUT2D eigenvalue weighted by Gasteiger charge is 2.09. The summed E-state index contributed by atoms with van der Waals surface area (Å²) in [5.41, 5.74) is 1.25. The van der Waals surface area contributed by atoms with Crippen molar-refractivity contribution in [3.05, 3.63) is 41.8 Å². The van der Waals surface area contributed by atoms with Crippen molar-refractivity contribution < 1.29 is 9.47 Å². The zero-order valence-electron chi connectivity index (χ0n) is 11.5. The third-order valence-corrected chi connectivity index (χ3v) is 4.36. The third kappa shape index (κ3) is 3.60. The van der Waals surface area contributed by atoms with Crippen molar-refractivity contribution >= 4 is 11.3 Å². The molecule has 0 unspecified atom stereocenters. The van der Waals surface area contributed by atoms with Gasteiger partial charge in [0.15, 0.2) is 0 Å². The van der Waals surface area contributed by atoms with Crippen LogP contribution in [0.4, 0.5) is 0 Å². The fraction of sp³-hybridized carbons (Fsp3) is 0.375. The molecule has 0 atom stereocenters. The third-order valence-electron chi connectivity index (χ3n) is 3.44. The molecule has 1 aromatic carbocycles. The molecule has 0 saturated carbocycles. The van der Waals surface area contributed by atoms with Crippen molar-refractivity contribution in [3.63, 3.8) is 0 Å². The minimum Gasteiger partial charge on any atom is -0.492 e. The number of morpholine rings is 1. The van der Waals surface area contributed by atoms with Crippen LogP contribution in [0.3, 0.4) is 0 Å². The fourth-order valence-corrected chi connectivity index (χ4v) is 3.01. The summed E-state index contributed by atoms with van der Waals surface area (Å²) in [4.78, 5) is 3.67. The Balaban J connectivity index is 1.48. The lowest BCUT2D eigenvalue weighted by Crippen LogP contribution is -2.38. The topological polar surface area (TPSA) is 21.7 Å². The van der Waals surface area contributed by atoms with E-state index in [1.807, 2.05) is 12.1 Å². The molecule has 0 N–H and O–H groups in total. The highest BCUT2D eigenvalue weighted by atomic mass is 32.1. The van der Waals surface area contributed by atoms with Gasteiger partial charge in [-0.25, -0.2) is 0 Å². The van der Waals surface area contributed by atoms with Gasteiger partial charge >= 0.3 is 0 Å². The zero-order valence-corrected chi connectivity index (χ0v) is 12.3. The Bertz CT molecular complexity index is 504. The first-order valence-corrected chi connectivity index (χ1v) is 7.87. The van der Waals surface area contributed by atoms with E-state index in [1.54, 1.807) is 11.3 Å².